The van der Waals surface area contributed by atoms with E-state index in [1.165, 1.54) is 31.2 Å². The number of amides is 3. The monoisotopic (exact) mass is 641 g/mol. The molecule has 1 aliphatic heterocycles. The van der Waals surface area contributed by atoms with Gasteiger partial charge in [-0.25, -0.2) is 0 Å². The number of nitrogens with one attached hydrogen (secondary N) is 1. The van der Waals surface area contributed by atoms with E-state index in [4.69, 9.17) is 32.8 Å². The Labute approximate surface area is 245 Å². The van der Waals surface area contributed by atoms with Crippen molar-refractivity contribution in [1.29, 1.82) is 0 Å². The third-order valence-electron chi connectivity index (χ3n) is 6.07. The molecule has 0 spiro atoms. The van der Waals surface area contributed by atoms with E-state index >= 15 is 0 Å². The number of ether oxygens (including phenoxy) is 1. The van der Waals surface area contributed by atoms with Crippen molar-refractivity contribution in [2.24, 2.45) is 5.16 Å². The molecule has 1 atom stereocenters. The molecule has 0 saturated carbocycles. The Balaban J connectivity index is 1.88. The third kappa shape index (κ3) is 7.72. The number of halogens is 8. The molecule has 0 fully saturated rings. The van der Waals surface area contributed by atoms with Gasteiger partial charge in [0.1, 0.15) is 19.7 Å². The van der Waals surface area contributed by atoms with E-state index in [0.717, 1.165) is 12.1 Å². The van der Waals surface area contributed by atoms with Crippen molar-refractivity contribution in [2.45, 2.75) is 38.2 Å². The summed E-state index contributed by atoms with van der Waals surface area (Å²) in [6.45, 7) is -0.289. The Morgan fingerprint density at radius 2 is 1.71 bits per heavy atom. The summed E-state index contributed by atoms with van der Waals surface area (Å²) in [5.41, 5.74) is -3.22. The van der Waals surface area contributed by atoms with Crippen molar-refractivity contribution in [3.05, 3.63) is 68.7 Å². The SMILES string of the molecule is CCOCC(=O)N(CC(=O)NCC(F)(F)F)C(=O)c1ccc(C2=NOC(c3cc(Cl)cc(Cl)c3)(C(F)(F)F)C2)cc1C. The summed E-state index contributed by atoms with van der Waals surface area (Å²) in [6, 6.07) is 7.15. The highest BCUT2D eigenvalue weighted by molar-refractivity contribution is 6.34. The fraction of sp³-hybridized carbons (Fsp3) is 0.385. The predicted molar refractivity (Wildman–Crippen MR) is 139 cm³/mol. The lowest BCUT2D eigenvalue weighted by molar-refractivity contribution is -0.275. The number of alkyl halides is 6. The molecule has 3 amide bonds. The van der Waals surface area contributed by atoms with Gasteiger partial charge in [-0.15, -0.1) is 0 Å². The van der Waals surface area contributed by atoms with Crippen molar-refractivity contribution in [1.82, 2.24) is 10.2 Å². The molecule has 1 unspecified atom stereocenters. The van der Waals surface area contributed by atoms with Gasteiger partial charge >= 0.3 is 12.4 Å². The smallest absolute Gasteiger partial charge is 0.374 e. The van der Waals surface area contributed by atoms with Crippen molar-refractivity contribution in [2.75, 3.05) is 26.3 Å². The lowest BCUT2D eigenvalue weighted by atomic mass is 9.86. The molecule has 0 bridgehead atoms. The minimum atomic E-state index is -4.94. The maximum absolute atomic E-state index is 14.3. The van der Waals surface area contributed by atoms with Crippen LogP contribution in [0.15, 0.2) is 41.6 Å². The quantitative estimate of drug-likeness (QED) is 0.361. The van der Waals surface area contributed by atoms with E-state index in [1.54, 1.807) is 12.2 Å². The number of carbonyl (C=O) groups excluding carboxylic acids is 3. The highest BCUT2D eigenvalue weighted by atomic mass is 35.5. The van der Waals surface area contributed by atoms with Crippen LogP contribution in [0.1, 0.15) is 40.4 Å². The zero-order valence-electron chi connectivity index (χ0n) is 22.0. The first-order valence-corrected chi connectivity index (χ1v) is 12.9. The molecule has 1 aliphatic rings. The molecule has 3 rings (SSSR count). The summed E-state index contributed by atoms with van der Waals surface area (Å²) in [5, 5.41) is 5.14. The summed E-state index contributed by atoms with van der Waals surface area (Å²) in [4.78, 5) is 43.3. The van der Waals surface area contributed by atoms with Crippen LogP contribution in [0.2, 0.25) is 10.0 Å². The van der Waals surface area contributed by atoms with E-state index in [-0.39, 0.29) is 44.6 Å². The van der Waals surface area contributed by atoms with Crippen LogP contribution in [0.25, 0.3) is 0 Å². The number of oxime groups is 1. The molecular weight excluding hydrogens is 619 g/mol. The van der Waals surface area contributed by atoms with Crippen LogP contribution in [-0.2, 0) is 24.8 Å². The summed E-state index contributed by atoms with van der Waals surface area (Å²) in [7, 11) is 0. The highest BCUT2D eigenvalue weighted by Crippen LogP contribution is 2.49. The van der Waals surface area contributed by atoms with E-state index in [2.05, 4.69) is 5.16 Å². The van der Waals surface area contributed by atoms with E-state index < -0.39 is 61.8 Å². The standard InChI is InChI=1S/C26H23Cl2F6N3O5/c1-3-41-12-22(39)37(11-21(38)35-13-25(29,30)31)23(40)19-5-4-15(6-14(19)2)20-10-24(42-36-20,26(32,33)34)16-7-17(27)9-18(28)8-16/h4-9H,3,10-13H2,1-2H3,(H,35,38). The Hall–Kier alpha value is -3.36. The molecule has 42 heavy (non-hydrogen) atoms. The van der Waals surface area contributed by atoms with Crippen LogP contribution in [-0.4, -0.2) is 67.0 Å². The molecule has 0 aromatic heterocycles. The van der Waals surface area contributed by atoms with Crippen LogP contribution >= 0.6 is 23.2 Å². The Morgan fingerprint density at radius 3 is 2.26 bits per heavy atom. The third-order valence-corrected chi connectivity index (χ3v) is 6.50. The van der Waals surface area contributed by atoms with Gasteiger partial charge in [-0.3, -0.25) is 19.3 Å². The molecule has 2 aromatic rings. The lowest BCUT2D eigenvalue weighted by Crippen LogP contribution is -2.47. The van der Waals surface area contributed by atoms with Crippen LogP contribution in [0.3, 0.4) is 0 Å². The molecule has 0 radical (unpaired) electrons. The zero-order valence-corrected chi connectivity index (χ0v) is 23.5. The normalized spacial score (nSPS) is 17.0. The van der Waals surface area contributed by atoms with Gasteiger partial charge in [-0.1, -0.05) is 34.4 Å². The molecule has 228 valence electrons. The fourth-order valence-corrected chi connectivity index (χ4v) is 4.54. The minimum absolute atomic E-state index is 0.0487. The maximum Gasteiger partial charge on any atom is 0.435 e. The molecule has 0 aliphatic carbocycles. The van der Waals surface area contributed by atoms with Crippen LogP contribution < -0.4 is 5.32 Å². The van der Waals surface area contributed by atoms with Gasteiger partial charge in [-0.2, -0.15) is 26.3 Å². The Bertz CT molecular complexity index is 1380. The Kier molecular flexibility index (Phi) is 10.2. The number of carbonyl (C=O) groups is 3. The van der Waals surface area contributed by atoms with Crippen LogP contribution in [0.4, 0.5) is 26.3 Å². The average Bonchev–Trinajstić information content (AvgIpc) is 3.35. The molecular formula is C26H23Cl2F6N3O5. The minimum Gasteiger partial charge on any atom is -0.374 e. The second-order valence-corrected chi connectivity index (χ2v) is 10.0. The summed E-state index contributed by atoms with van der Waals surface area (Å²) in [6.07, 6.45) is -10.4. The van der Waals surface area contributed by atoms with Crippen molar-refractivity contribution < 1.29 is 50.3 Å². The van der Waals surface area contributed by atoms with Gasteiger partial charge < -0.3 is 14.9 Å². The number of hydrogen-bond donors (Lipinski definition) is 1. The second-order valence-electron chi connectivity index (χ2n) is 9.13. The molecule has 1 heterocycles. The van der Waals surface area contributed by atoms with Crippen molar-refractivity contribution >= 4 is 46.6 Å². The average molecular weight is 642 g/mol. The van der Waals surface area contributed by atoms with Gasteiger partial charge in [0, 0.05) is 34.2 Å². The van der Waals surface area contributed by atoms with E-state index in [9.17, 15) is 40.7 Å². The van der Waals surface area contributed by atoms with Crippen molar-refractivity contribution in [3.8, 4) is 0 Å². The van der Waals surface area contributed by atoms with Gasteiger partial charge in [0.2, 0.25) is 5.91 Å². The maximum atomic E-state index is 14.3. The topological polar surface area (TPSA) is 97.3 Å². The molecule has 16 heteroatoms. The number of imide groups is 1. The number of aryl methyl sites for hydroxylation is 1. The van der Waals surface area contributed by atoms with Crippen molar-refractivity contribution in [3.63, 3.8) is 0 Å². The first-order valence-electron chi connectivity index (χ1n) is 12.1. The Morgan fingerprint density at radius 1 is 1.07 bits per heavy atom. The fourth-order valence-electron chi connectivity index (χ4n) is 4.01. The first-order chi connectivity index (χ1) is 19.5. The number of rotatable bonds is 9. The van der Waals surface area contributed by atoms with E-state index in [0.29, 0.717) is 4.90 Å². The summed E-state index contributed by atoms with van der Waals surface area (Å²) >= 11 is 11.8. The molecule has 0 saturated heterocycles. The number of nitrogens with zero attached hydrogens (tertiary/aromatic N) is 2. The molecule has 2 aromatic carbocycles. The molecule has 1 N–H and O–H groups in total. The largest absolute Gasteiger partial charge is 0.435 e. The second kappa shape index (κ2) is 12.9. The van der Waals surface area contributed by atoms with Gasteiger partial charge in [0.25, 0.3) is 17.4 Å². The van der Waals surface area contributed by atoms with Gasteiger partial charge in [-0.05, 0) is 55.3 Å². The molecule has 8 nitrogen and oxygen atoms in total. The summed E-state index contributed by atoms with van der Waals surface area (Å²) in [5.74, 6) is -3.27. The lowest BCUT2D eigenvalue weighted by Gasteiger charge is -2.29. The zero-order chi connectivity index (χ0) is 31.5. The van der Waals surface area contributed by atoms with Gasteiger partial charge in [0.05, 0.1) is 5.71 Å². The number of hydrogen-bond acceptors (Lipinski definition) is 6. The first kappa shape index (κ1) is 33.1. The predicted octanol–water partition coefficient (Wildman–Crippen LogP) is 5.57. The van der Waals surface area contributed by atoms with E-state index in [1.807, 2.05) is 0 Å². The number of benzene rings is 2. The van der Waals surface area contributed by atoms with Crippen LogP contribution in [0.5, 0.6) is 0 Å². The summed E-state index contributed by atoms with van der Waals surface area (Å²) < 4.78 is 85.4. The highest BCUT2D eigenvalue weighted by Gasteiger charge is 2.62. The van der Waals surface area contributed by atoms with Gasteiger partial charge in [0.15, 0.2) is 0 Å². The van der Waals surface area contributed by atoms with Crippen LogP contribution in [0, 0.1) is 6.92 Å².